The Morgan fingerprint density at radius 1 is 1.39 bits per heavy atom. The molecule has 4 nitrogen and oxygen atoms in total. The van der Waals surface area contributed by atoms with Gasteiger partial charge < -0.3 is 5.73 Å². The Hall–Kier alpha value is -1.34. The van der Waals surface area contributed by atoms with Gasteiger partial charge in [0.05, 0.1) is 17.4 Å². The molecule has 1 unspecified atom stereocenters. The van der Waals surface area contributed by atoms with Gasteiger partial charge in [-0.1, -0.05) is 6.07 Å². The monoisotopic (exact) mass is 277 g/mol. The molecule has 18 heavy (non-hydrogen) atoms. The first-order valence-electron chi connectivity index (χ1n) is 5.14. The maximum absolute atomic E-state index is 13.3. The third-order valence-corrected chi connectivity index (χ3v) is 3.33. The summed E-state index contributed by atoms with van der Waals surface area (Å²) in [4.78, 5) is 11.7. The zero-order valence-corrected chi connectivity index (χ0v) is 10.5. The zero-order valence-electron chi connectivity index (χ0n) is 9.69. The summed E-state index contributed by atoms with van der Waals surface area (Å²) in [6.45, 7) is 0. The molecule has 0 radical (unpaired) electrons. The maximum Gasteiger partial charge on any atom is 0.182 e. The second kappa shape index (κ2) is 5.53. The van der Waals surface area contributed by atoms with Crippen LogP contribution in [0.1, 0.15) is 16.8 Å². The first kappa shape index (κ1) is 14.7. The van der Waals surface area contributed by atoms with Gasteiger partial charge in [-0.3, -0.25) is 4.79 Å². The Morgan fingerprint density at radius 2 is 2.00 bits per heavy atom. The van der Waals surface area contributed by atoms with E-state index in [0.29, 0.717) is 0 Å². The molecule has 1 atom stereocenters. The van der Waals surface area contributed by atoms with Crippen LogP contribution in [0.15, 0.2) is 18.2 Å². The number of benzene rings is 1. The molecule has 0 heterocycles. The first-order chi connectivity index (χ1) is 8.22. The fourth-order valence-electron chi connectivity index (χ4n) is 1.37. The summed E-state index contributed by atoms with van der Waals surface area (Å²) in [6, 6.07) is 2.01. The van der Waals surface area contributed by atoms with Gasteiger partial charge in [0, 0.05) is 6.26 Å². The average molecular weight is 277 g/mol. The number of nitrogens with two attached hydrogens (primary N) is 1. The normalized spacial score (nSPS) is 13.3. The topological polar surface area (TPSA) is 77.2 Å². The summed E-state index contributed by atoms with van der Waals surface area (Å²) in [5.74, 6) is -3.50. The number of halogens is 2. The van der Waals surface area contributed by atoms with Crippen LogP contribution in [-0.4, -0.2) is 32.3 Å². The summed E-state index contributed by atoms with van der Waals surface area (Å²) in [5, 5.41) is 0. The second-order valence-corrected chi connectivity index (χ2v) is 6.25. The van der Waals surface area contributed by atoms with E-state index >= 15 is 0 Å². The van der Waals surface area contributed by atoms with Crippen LogP contribution in [0, 0.1) is 11.6 Å². The third kappa shape index (κ3) is 3.85. The van der Waals surface area contributed by atoms with E-state index in [2.05, 4.69) is 0 Å². The van der Waals surface area contributed by atoms with Crippen LogP contribution in [0.25, 0.3) is 0 Å². The fraction of sp³-hybridized carbons (Fsp3) is 0.364. The highest BCUT2D eigenvalue weighted by molar-refractivity contribution is 7.90. The molecule has 100 valence electrons. The van der Waals surface area contributed by atoms with Crippen molar-refractivity contribution in [2.24, 2.45) is 5.73 Å². The minimum Gasteiger partial charge on any atom is -0.321 e. The molecule has 1 aromatic carbocycles. The van der Waals surface area contributed by atoms with Crippen molar-refractivity contribution in [2.75, 3.05) is 12.0 Å². The van der Waals surface area contributed by atoms with E-state index in [1.807, 2.05) is 0 Å². The molecule has 0 aliphatic carbocycles. The lowest BCUT2D eigenvalue weighted by Crippen LogP contribution is -2.33. The highest BCUT2D eigenvalue weighted by Crippen LogP contribution is 2.14. The van der Waals surface area contributed by atoms with Gasteiger partial charge >= 0.3 is 0 Å². The summed E-state index contributed by atoms with van der Waals surface area (Å²) < 4.78 is 48.1. The standard InChI is InChI=1S/C11H13F2NO3S/c1-18(16,17)6-5-9(14)11(15)7-3-2-4-8(12)10(7)13/h2-4,9H,5-6,14H2,1H3. The number of carbonyl (C=O) groups excluding carboxylic acids is 1. The lowest BCUT2D eigenvalue weighted by Gasteiger charge is -2.10. The van der Waals surface area contributed by atoms with Crippen LogP contribution in [0.4, 0.5) is 8.78 Å². The average Bonchev–Trinajstić information content (AvgIpc) is 2.28. The molecular weight excluding hydrogens is 264 g/mol. The van der Waals surface area contributed by atoms with Crippen LogP contribution in [-0.2, 0) is 9.84 Å². The van der Waals surface area contributed by atoms with E-state index in [0.717, 1.165) is 18.4 Å². The quantitative estimate of drug-likeness (QED) is 0.811. The molecule has 1 aromatic rings. The Morgan fingerprint density at radius 3 is 2.56 bits per heavy atom. The molecule has 0 fully saturated rings. The van der Waals surface area contributed by atoms with E-state index in [9.17, 15) is 22.0 Å². The molecule has 0 spiro atoms. The summed E-state index contributed by atoms with van der Waals surface area (Å²) in [6.07, 6.45) is 0.876. The highest BCUT2D eigenvalue weighted by atomic mass is 32.2. The van der Waals surface area contributed by atoms with Crippen molar-refractivity contribution in [3.63, 3.8) is 0 Å². The Balaban J connectivity index is 2.84. The molecule has 0 aliphatic heterocycles. The van der Waals surface area contributed by atoms with Gasteiger partial charge in [-0.15, -0.1) is 0 Å². The summed E-state index contributed by atoms with van der Waals surface area (Å²) in [5.41, 5.74) is 5.01. The summed E-state index contributed by atoms with van der Waals surface area (Å²) >= 11 is 0. The first-order valence-corrected chi connectivity index (χ1v) is 7.20. The van der Waals surface area contributed by atoms with Gasteiger partial charge in [0.2, 0.25) is 0 Å². The van der Waals surface area contributed by atoms with Crippen LogP contribution < -0.4 is 5.73 Å². The lowest BCUT2D eigenvalue weighted by molar-refractivity contribution is 0.0954. The Kier molecular flexibility index (Phi) is 4.53. The molecule has 0 bridgehead atoms. The predicted molar refractivity (Wildman–Crippen MR) is 63.0 cm³/mol. The number of rotatable bonds is 5. The van der Waals surface area contributed by atoms with Crippen molar-refractivity contribution in [2.45, 2.75) is 12.5 Å². The highest BCUT2D eigenvalue weighted by Gasteiger charge is 2.22. The molecule has 0 saturated carbocycles. The molecule has 0 amide bonds. The molecule has 0 saturated heterocycles. The Labute approximate surface area is 104 Å². The van der Waals surface area contributed by atoms with Gasteiger partial charge in [0.25, 0.3) is 0 Å². The third-order valence-electron chi connectivity index (χ3n) is 2.35. The van der Waals surface area contributed by atoms with Crippen LogP contribution in [0.5, 0.6) is 0 Å². The van der Waals surface area contributed by atoms with Crippen LogP contribution in [0.2, 0.25) is 0 Å². The molecule has 0 aromatic heterocycles. The second-order valence-electron chi connectivity index (χ2n) is 3.99. The molecule has 7 heteroatoms. The van der Waals surface area contributed by atoms with Gasteiger partial charge in [0.1, 0.15) is 9.84 Å². The van der Waals surface area contributed by atoms with E-state index < -0.39 is 38.9 Å². The minimum absolute atomic E-state index is 0.131. The SMILES string of the molecule is CS(=O)(=O)CCC(N)C(=O)c1cccc(F)c1F. The van der Waals surface area contributed by atoms with E-state index in [1.165, 1.54) is 6.07 Å². The van der Waals surface area contributed by atoms with Gasteiger partial charge in [-0.25, -0.2) is 17.2 Å². The largest absolute Gasteiger partial charge is 0.321 e. The van der Waals surface area contributed by atoms with Crippen molar-refractivity contribution < 1.29 is 22.0 Å². The number of hydrogen-bond acceptors (Lipinski definition) is 4. The van der Waals surface area contributed by atoms with Crippen molar-refractivity contribution >= 4 is 15.6 Å². The minimum atomic E-state index is -3.25. The number of carbonyl (C=O) groups is 1. The van der Waals surface area contributed by atoms with Crippen molar-refractivity contribution in [3.05, 3.63) is 35.4 Å². The summed E-state index contributed by atoms with van der Waals surface area (Å²) in [7, 11) is -3.25. The number of sulfone groups is 1. The Bertz CT molecular complexity index is 557. The van der Waals surface area contributed by atoms with Crippen molar-refractivity contribution in [1.29, 1.82) is 0 Å². The maximum atomic E-state index is 13.3. The fourth-order valence-corrected chi connectivity index (χ4v) is 2.05. The predicted octanol–water partition coefficient (Wildman–Crippen LogP) is 0.910. The zero-order chi connectivity index (χ0) is 13.9. The van der Waals surface area contributed by atoms with Crippen LogP contribution >= 0.6 is 0 Å². The van der Waals surface area contributed by atoms with E-state index in [-0.39, 0.29) is 12.2 Å². The number of Topliss-reactive ketones (excluding diaryl/α,β-unsaturated/α-hetero) is 1. The van der Waals surface area contributed by atoms with Gasteiger partial charge in [0.15, 0.2) is 17.4 Å². The molecule has 1 rings (SSSR count). The van der Waals surface area contributed by atoms with E-state index in [4.69, 9.17) is 5.73 Å². The number of hydrogen-bond donors (Lipinski definition) is 1. The molecular formula is C11H13F2NO3S. The number of ketones is 1. The van der Waals surface area contributed by atoms with Gasteiger partial charge in [-0.2, -0.15) is 0 Å². The smallest absolute Gasteiger partial charge is 0.182 e. The molecule has 0 aliphatic rings. The van der Waals surface area contributed by atoms with Crippen molar-refractivity contribution in [3.8, 4) is 0 Å². The van der Waals surface area contributed by atoms with E-state index in [1.54, 1.807) is 0 Å². The van der Waals surface area contributed by atoms with Gasteiger partial charge in [-0.05, 0) is 18.6 Å². The molecule has 2 N–H and O–H groups in total. The van der Waals surface area contributed by atoms with Crippen molar-refractivity contribution in [1.82, 2.24) is 0 Å². The lowest BCUT2D eigenvalue weighted by atomic mass is 10.0. The van der Waals surface area contributed by atoms with Crippen LogP contribution in [0.3, 0.4) is 0 Å².